The Kier molecular flexibility index (Phi) is 4.98. The van der Waals surface area contributed by atoms with Crippen molar-refractivity contribution in [2.75, 3.05) is 13.7 Å². The molecule has 5 nitrogen and oxygen atoms in total. The number of hydrogen-bond donors (Lipinski definition) is 0. The molecule has 1 amide bonds. The minimum atomic E-state index is -0.396. The van der Waals surface area contributed by atoms with Crippen molar-refractivity contribution in [1.29, 1.82) is 0 Å². The van der Waals surface area contributed by atoms with E-state index in [1.807, 2.05) is 0 Å². The Balaban J connectivity index is 2.23. The van der Waals surface area contributed by atoms with Crippen LogP contribution in [0.15, 0.2) is 12.3 Å². The highest BCUT2D eigenvalue weighted by Gasteiger charge is 2.27. The zero-order valence-corrected chi connectivity index (χ0v) is 9.53. The second-order valence-electron chi connectivity index (χ2n) is 3.67. The van der Waals surface area contributed by atoms with Gasteiger partial charge in [-0.2, -0.15) is 0 Å². The lowest BCUT2D eigenvalue weighted by Gasteiger charge is -2.15. The second-order valence-corrected chi connectivity index (χ2v) is 3.67. The molecule has 1 fully saturated rings. The van der Waals surface area contributed by atoms with E-state index in [2.05, 4.69) is 6.58 Å². The van der Waals surface area contributed by atoms with Gasteiger partial charge in [-0.1, -0.05) is 6.58 Å². The first-order valence-electron chi connectivity index (χ1n) is 5.35. The zero-order chi connectivity index (χ0) is 12.0. The van der Waals surface area contributed by atoms with Gasteiger partial charge in [0, 0.05) is 26.6 Å². The van der Waals surface area contributed by atoms with Crippen LogP contribution < -0.4 is 0 Å². The highest BCUT2D eigenvalue weighted by molar-refractivity contribution is 5.82. The van der Waals surface area contributed by atoms with Crippen molar-refractivity contribution < 1.29 is 19.2 Å². The number of nitrogens with zero attached hydrogens (tertiary/aromatic N) is 1. The number of carbonyl (C=O) groups is 2. The molecule has 0 unspecified atom stereocenters. The molecule has 0 aliphatic carbocycles. The maximum absolute atomic E-state index is 11.4. The SMILES string of the molecule is C=C1CCC(=O)N1OC(=O)CCCCOC. The Morgan fingerprint density at radius 3 is 2.75 bits per heavy atom. The molecule has 1 saturated heterocycles. The van der Waals surface area contributed by atoms with E-state index in [1.54, 1.807) is 7.11 Å². The van der Waals surface area contributed by atoms with Gasteiger partial charge >= 0.3 is 5.97 Å². The van der Waals surface area contributed by atoms with Crippen LogP contribution in [0.4, 0.5) is 0 Å². The Morgan fingerprint density at radius 2 is 2.19 bits per heavy atom. The van der Waals surface area contributed by atoms with E-state index in [9.17, 15) is 9.59 Å². The van der Waals surface area contributed by atoms with Crippen LogP contribution in [0.25, 0.3) is 0 Å². The number of rotatable bonds is 6. The molecular formula is C11H17NO4. The second kappa shape index (κ2) is 6.27. The fourth-order valence-electron chi connectivity index (χ4n) is 1.41. The summed E-state index contributed by atoms with van der Waals surface area (Å²) in [5, 5.41) is 1.01. The van der Waals surface area contributed by atoms with Crippen LogP contribution in [0.1, 0.15) is 32.1 Å². The Hall–Kier alpha value is -1.36. The topological polar surface area (TPSA) is 55.8 Å². The number of amides is 1. The maximum Gasteiger partial charge on any atom is 0.333 e. The predicted molar refractivity (Wildman–Crippen MR) is 57.0 cm³/mol. The van der Waals surface area contributed by atoms with Crippen LogP contribution in [0, 0.1) is 0 Å². The summed E-state index contributed by atoms with van der Waals surface area (Å²) >= 11 is 0. The van der Waals surface area contributed by atoms with Crippen molar-refractivity contribution in [3.63, 3.8) is 0 Å². The summed E-state index contributed by atoms with van der Waals surface area (Å²) in [5.74, 6) is -0.595. The molecule has 0 radical (unpaired) electrons. The van der Waals surface area contributed by atoms with Gasteiger partial charge in [-0.3, -0.25) is 4.79 Å². The summed E-state index contributed by atoms with van der Waals surface area (Å²) in [6, 6.07) is 0. The number of carbonyl (C=O) groups excluding carboxylic acids is 2. The monoisotopic (exact) mass is 227 g/mol. The maximum atomic E-state index is 11.4. The van der Waals surface area contributed by atoms with Gasteiger partial charge in [-0.05, 0) is 19.3 Å². The average molecular weight is 227 g/mol. The first-order valence-corrected chi connectivity index (χ1v) is 5.35. The molecule has 0 saturated carbocycles. The number of hydroxylamine groups is 2. The van der Waals surface area contributed by atoms with Crippen LogP contribution in [0.5, 0.6) is 0 Å². The number of hydrogen-bond acceptors (Lipinski definition) is 4. The molecule has 1 aliphatic rings. The molecule has 0 atom stereocenters. The minimum Gasteiger partial charge on any atom is -0.385 e. The molecule has 0 aromatic carbocycles. The number of methoxy groups -OCH3 is 1. The normalized spacial score (nSPS) is 15.7. The van der Waals surface area contributed by atoms with E-state index in [-0.39, 0.29) is 5.91 Å². The lowest BCUT2D eigenvalue weighted by molar-refractivity contribution is -0.186. The quantitative estimate of drug-likeness (QED) is 0.643. The number of allylic oxidation sites excluding steroid dienone is 1. The van der Waals surface area contributed by atoms with Crippen LogP contribution >= 0.6 is 0 Å². The number of unbranched alkanes of at least 4 members (excludes halogenated alkanes) is 1. The summed E-state index contributed by atoms with van der Waals surface area (Å²) in [4.78, 5) is 27.5. The Labute approximate surface area is 95.0 Å². The van der Waals surface area contributed by atoms with E-state index in [0.717, 1.165) is 11.5 Å². The van der Waals surface area contributed by atoms with Gasteiger partial charge in [-0.15, -0.1) is 5.06 Å². The fourth-order valence-corrected chi connectivity index (χ4v) is 1.41. The Bertz CT molecular complexity index is 272. The molecule has 1 rings (SSSR count). The van der Waals surface area contributed by atoms with Crippen molar-refractivity contribution >= 4 is 11.9 Å². The lowest BCUT2D eigenvalue weighted by atomic mass is 10.2. The van der Waals surface area contributed by atoms with Crippen molar-refractivity contribution in [3.05, 3.63) is 12.3 Å². The molecule has 16 heavy (non-hydrogen) atoms. The highest BCUT2D eigenvalue weighted by atomic mass is 16.7. The van der Waals surface area contributed by atoms with E-state index in [1.165, 1.54) is 0 Å². The minimum absolute atomic E-state index is 0.199. The zero-order valence-electron chi connectivity index (χ0n) is 9.53. The predicted octanol–water partition coefficient (Wildman–Crippen LogP) is 1.40. The van der Waals surface area contributed by atoms with Gasteiger partial charge in [-0.25, -0.2) is 4.79 Å². The van der Waals surface area contributed by atoms with Gasteiger partial charge in [0.25, 0.3) is 5.91 Å². The molecule has 0 N–H and O–H groups in total. The Morgan fingerprint density at radius 1 is 1.44 bits per heavy atom. The van der Waals surface area contributed by atoms with E-state index >= 15 is 0 Å². The summed E-state index contributed by atoms with van der Waals surface area (Å²) < 4.78 is 4.86. The van der Waals surface area contributed by atoms with Gasteiger partial charge in [0.05, 0.1) is 5.70 Å². The summed E-state index contributed by atoms with van der Waals surface area (Å²) in [7, 11) is 1.62. The molecule has 0 aromatic rings. The van der Waals surface area contributed by atoms with Crippen LogP contribution in [-0.2, 0) is 19.2 Å². The molecule has 0 aromatic heterocycles. The lowest BCUT2D eigenvalue weighted by Crippen LogP contribution is -2.26. The van der Waals surface area contributed by atoms with Gasteiger partial charge in [0.2, 0.25) is 0 Å². The summed E-state index contributed by atoms with van der Waals surface area (Å²) in [6.45, 7) is 4.28. The van der Waals surface area contributed by atoms with Crippen molar-refractivity contribution in [1.82, 2.24) is 5.06 Å². The molecule has 1 heterocycles. The smallest absolute Gasteiger partial charge is 0.333 e. The van der Waals surface area contributed by atoms with Crippen LogP contribution in [0.2, 0.25) is 0 Å². The number of ether oxygens (including phenoxy) is 1. The standard InChI is InChI=1S/C11H17NO4/c1-9-6-7-10(13)12(9)16-11(14)5-3-4-8-15-2/h1,3-8H2,2H3. The van der Waals surface area contributed by atoms with Crippen LogP contribution in [0.3, 0.4) is 0 Å². The average Bonchev–Trinajstić information content (AvgIpc) is 2.56. The van der Waals surface area contributed by atoms with Gasteiger partial charge in [0.1, 0.15) is 0 Å². The molecule has 1 aliphatic heterocycles. The largest absolute Gasteiger partial charge is 0.385 e. The van der Waals surface area contributed by atoms with E-state index in [4.69, 9.17) is 9.57 Å². The molecule has 0 bridgehead atoms. The van der Waals surface area contributed by atoms with Gasteiger partial charge in [0.15, 0.2) is 0 Å². The van der Waals surface area contributed by atoms with Crippen molar-refractivity contribution in [2.24, 2.45) is 0 Å². The third-order valence-corrected chi connectivity index (χ3v) is 2.31. The third-order valence-electron chi connectivity index (χ3n) is 2.31. The first-order chi connectivity index (χ1) is 7.65. The van der Waals surface area contributed by atoms with Crippen molar-refractivity contribution in [3.8, 4) is 0 Å². The molecule has 5 heteroatoms. The van der Waals surface area contributed by atoms with Crippen LogP contribution in [-0.4, -0.2) is 30.7 Å². The summed E-state index contributed by atoms with van der Waals surface area (Å²) in [5.41, 5.74) is 0.551. The molecule has 0 spiro atoms. The van der Waals surface area contributed by atoms with E-state index in [0.29, 0.717) is 38.0 Å². The summed E-state index contributed by atoms with van der Waals surface area (Å²) in [6.07, 6.45) is 2.73. The van der Waals surface area contributed by atoms with E-state index < -0.39 is 5.97 Å². The molecular weight excluding hydrogens is 210 g/mol. The fraction of sp³-hybridized carbons (Fsp3) is 0.636. The first kappa shape index (κ1) is 12.7. The molecule has 90 valence electrons. The van der Waals surface area contributed by atoms with Crippen molar-refractivity contribution in [2.45, 2.75) is 32.1 Å². The highest BCUT2D eigenvalue weighted by Crippen LogP contribution is 2.21. The van der Waals surface area contributed by atoms with Gasteiger partial charge < -0.3 is 9.57 Å². The third kappa shape index (κ3) is 3.66.